The number of hydrogen-bond donors (Lipinski definition) is 1. The quantitative estimate of drug-likeness (QED) is 0.753. The van der Waals surface area contributed by atoms with Gasteiger partial charge in [-0.05, 0) is 29.8 Å². The van der Waals surface area contributed by atoms with Crippen LogP contribution in [0.1, 0.15) is 5.56 Å². The van der Waals surface area contributed by atoms with Crippen LogP contribution < -0.4 is 5.32 Å². The van der Waals surface area contributed by atoms with E-state index in [1.807, 2.05) is 0 Å². The van der Waals surface area contributed by atoms with Gasteiger partial charge >= 0.3 is 0 Å². The van der Waals surface area contributed by atoms with Gasteiger partial charge in [0.2, 0.25) is 0 Å². The fourth-order valence-corrected chi connectivity index (χ4v) is 2.26. The van der Waals surface area contributed by atoms with Gasteiger partial charge in [0.1, 0.15) is 11.6 Å². The molecule has 1 N–H and O–H groups in total. The summed E-state index contributed by atoms with van der Waals surface area (Å²) in [4.78, 5) is 7.83. The molecule has 0 fully saturated rings. The van der Waals surface area contributed by atoms with Crippen LogP contribution in [0.5, 0.6) is 0 Å². The molecule has 0 bridgehead atoms. The Hall–Kier alpha value is -2.53. The Morgan fingerprint density at radius 1 is 0.957 bits per heavy atom. The SMILES string of the molecule is Fc1cc(CNc2cncc(-c3ccncc3F)c2)ccc1Cl. The van der Waals surface area contributed by atoms with E-state index in [-0.39, 0.29) is 5.02 Å². The molecular weight excluding hydrogens is 320 g/mol. The third kappa shape index (κ3) is 3.63. The Balaban J connectivity index is 1.78. The standard InChI is InChI=1S/C17H12ClF2N3/c18-15-2-1-11(5-16(15)19)7-23-13-6-12(8-22-9-13)14-3-4-21-10-17(14)20/h1-6,8-10,23H,7H2. The lowest BCUT2D eigenvalue weighted by Crippen LogP contribution is -2.00. The zero-order chi connectivity index (χ0) is 16.2. The van der Waals surface area contributed by atoms with E-state index >= 15 is 0 Å². The maximum absolute atomic E-state index is 13.8. The van der Waals surface area contributed by atoms with Crippen molar-refractivity contribution >= 4 is 17.3 Å². The number of hydrogen-bond acceptors (Lipinski definition) is 3. The van der Waals surface area contributed by atoms with Gasteiger partial charge in [-0.3, -0.25) is 9.97 Å². The van der Waals surface area contributed by atoms with Crippen LogP contribution in [0.25, 0.3) is 11.1 Å². The summed E-state index contributed by atoms with van der Waals surface area (Å²) in [7, 11) is 0. The minimum Gasteiger partial charge on any atom is -0.380 e. The fourth-order valence-electron chi connectivity index (χ4n) is 2.15. The lowest BCUT2D eigenvalue weighted by molar-refractivity contribution is 0.625. The average molecular weight is 332 g/mol. The molecule has 2 heterocycles. The molecule has 1 aromatic carbocycles. The van der Waals surface area contributed by atoms with Crippen molar-refractivity contribution in [2.24, 2.45) is 0 Å². The van der Waals surface area contributed by atoms with Crippen LogP contribution in [0, 0.1) is 11.6 Å². The molecule has 0 saturated heterocycles. The number of nitrogens with one attached hydrogen (secondary N) is 1. The first-order valence-corrected chi connectivity index (χ1v) is 7.24. The Morgan fingerprint density at radius 2 is 1.83 bits per heavy atom. The molecule has 0 saturated carbocycles. The molecule has 6 heteroatoms. The highest BCUT2D eigenvalue weighted by atomic mass is 35.5. The third-order valence-corrected chi connectivity index (χ3v) is 3.61. The van der Waals surface area contributed by atoms with E-state index in [4.69, 9.17) is 11.6 Å². The molecule has 0 radical (unpaired) electrons. The molecule has 116 valence electrons. The van der Waals surface area contributed by atoms with Gasteiger partial charge in [-0.2, -0.15) is 0 Å². The molecule has 0 spiro atoms. The Bertz CT molecular complexity index is 840. The van der Waals surface area contributed by atoms with Crippen molar-refractivity contribution in [2.75, 3.05) is 5.32 Å². The molecule has 0 unspecified atom stereocenters. The van der Waals surface area contributed by atoms with Crippen LogP contribution in [0.3, 0.4) is 0 Å². The smallest absolute Gasteiger partial charge is 0.149 e. The molecule has 2 aromatic heterocycles. The molecule has 0 atom stereocenters. The zero-order valence-electron chi connectivity index (χ0n) is 11.9. The Labute approximate surface area is 137 Å². The predicted octanol–water partition coefficient (Wildman–Crippen LogP) is 4.69. The molecule has 0 aliphatic rings. The zero-order valence-corrected chi connectivity index (χ0v) is 12.7. The predicted molar refractivity (Wildman–Crippen MR) is 86.2 cm³/mol. The summed E-state index contributed by atoms with van der Waals surface area (Å²) < 4.78 is 27.2. The third-order valence-electron chi connectivity index (χ3n) is 3.30. The summed E-state index contributed by atoms with van der Waals surface area (Å²) in [5.41, 5.74) is 2.51. The van der Waals surface area contributed by atoms with Gasteiger partial charge in [0, 0.05) is 36.3 Å². The molecule has 3 aromatic rings. The maximum atomic E-state index is 13.8. The summed E-state index contributed by atoms with van der Waals surface area (Å²) in [6.07, 6.45) is 5.88. The van der Waals surface area contributed by atoms with E-state index in [9.17, 15) is 8.78 Å². The molecule has 0 aliphatic heterocycles. The molecule has 3 nitrogen and oxygen atoms in total. The van der Waals surface area contributed by atoms with Gasteiger partial charge < -0.3 is 5.32 Å². The van der Waals surface area contributed by atoms with Crippen LogP contribution >= 0.6 is 11.6 Å². The number of rotatable bonds is 4. The van der Waals surface area contributed by atoms with E-state index in [1.165, 1.54) is 18.3 Å². The molecule has 0 amide bonds. The monoisotopic (exact) mass is 331 g/mol. The highest BCUT2D eigenvalue weighted by Crippen LogP contribution is 2.24. The lowest BCUT2D eigenvalue weighted by Gasteiger charge is -2.09. The van der Waals surface area contributed by atoms with E-state index < -0.39 is 11.6 Å². The van der Waals surface area contributed by atoms with E-state index in [1.54, 1.807) is 30.6 Å². The summed E-state index contributed by atoms with van der Waals surface area (Å²) in [6, 6.07) is 7.98. The lowest BCUT2D eigenvalue weighted by atomic mass is 10.1. The summed E-state index contributed by atoms with van der Waals surface area (Å²) in [6.45, 7) is 0.401. The van der Waals surface area contributed by atoms with Crippen molar-refractivity contribution in [1.29, 1.82) is 0 Å². The van der Waals surface area contributed by atoms with Crippen molar-refractivity contribution in [3.05, 3.63) is 77.3 Å². The highest BCUT2D eigenvalue weighted by molar-refractivity contribution is 6.30. The second-order valence-electron chi connectivity index (χ2n) is 4.92. The first kappa shape index (κ1) is 15.4. The normalized spacial score (nSPS) is 10.6. The Kier molecular flexibility index (Phi) is 4.48. The number of benzene rings is 1. The van der Waals surface area contributed by atoms with Gasteiger partial charge in [-0.1, -0.05) is 17.7 Å². The largest absolute Gasteiger partial charge is 0.380 e. The molecule has 3 rings (SSSR count). The van der Waals surface area contributed by atoms with Crippen molar-refractivity contribution in [2.45, 2.75) is 6.54 Å². The van der Waals surface area contributed by atoms with Gasteiger partial charge in [-0.25, -0.2) is 8.78 Å². The van der Waals surface area contributed by atoms with Gasteiger partial charge in [-0.15, -0.1) is 0 Å². The van der Waals surface area contributed by atoms with Gasteiger partial charge in [0.15, 0.2) is 0 Å². The van der Waals surface area contributed by atoms with Crippen molar-refractivity contribution in [1.82, 2.24) is 9.97 Å². The van der Waals surface area contributed by atoms with Crippen LogP contribution in [0.15, 0.2) is 55.1 Å². The second-order valence-corrected chi connectivity index (χ2v) is 5.33. The maximum Gasteiger partial charge on any atom is 0.149 e. The van der Waals surface area contributed by atoms with Crippen molar-refractivity contribution in [3.63, 3.8) is 0 Å². The number of halogens is 3. The minimum atomic E-state index is -0.461. The van der Waals surface area contributed by atoms with Crippen LogP contribution in [-0.2, 0) is 6.54 Å². The Morgan fingerprint density at radius 3 is 2.61 bits per heavy atom. The topological polar surface area (TPSA) is 37.8 Å². The van der Waals surface area contributed by atoms with Crippen LogP contribution in [0.2, 0.25) is 5.02 Å². The van der Waals surface area contributed by atoms with Crippen molar-refractivity contribution < 1.29 is 8.78 Å². The summed E-state index contributed by atoms with van der Waals surface area (Å²) >= 11 is 5.66. The van der Waals surface area contributed by atoms with E-state index in [0.717, 1.165) is 11.8 Å². The minimum absolute atomic E-state index is 0.0885. The summed E-state index contributed by atoms with van der Waals surface area (Å²) in [5.74, 6) is -0.872. The highest BCUT2D eigenvalue weighted by Gasteiger charge is 2.06. The van der Waals surface area contributed by atoms with E-state index in [2.05, 4.69) is 15.3 Å². The van der Waals surface area contributed by atoms with Crippen LogP contribution in [0.4, 0.5) is 14.5 Å². The van der Waals surface area contributed by atoms with Crippen molar-refractivity contribution in [3.8, 4) is 11.1 Å². The summed E-state index contributed by atoms with van der Waals surface area (Å²) in [5, 5.41) is 3.22. The number of anilines is 1. The molecular formula is C17H12ClF2N3. The second kappa shape index (κ2) is 6.71. The number of aromatic nitrogens is 2. The van der Waals surface area contributed by atoms with Crippen LogP contribution in [-0.4, -0.2) is 9.97 Å². The first-order chi connectivity index (χ1) is 11.1. The number of pyridine rings is 2. The molecule has 23 heavy (non-hydrogen) atoms. The average Bonchev–Trinajstić information content (AvgIpc) is 2.57. The fraction of sp³-hybridized carbons (Fsp3) is 0.0588. The number of nitrogens with zero attached hydrogens (tertiary/aromatic N) is 2. The first-order valence-electron chi connectivity index (χ1n) is 6.86. The van der Waals surface area contributed by atoms with Gasteiger partial charge in [0.25, 0.3) is 0 Å². The van der Waals surface area contributed by atoms with Gasteiger partial charge in [0.05, 0.1) is 16.9 Å². The molecule has 0 aliphatic carbocycles. The van der Waals surface area contributed by atoms with E-state index in [0.29, 0.717) is 23.4 Å².